The van der Waals surface area contributed by atoms with Gasteiger partial charge in [0, 0.05) is 5.75 Å². The highest BCUT2D eigenvalue weighted by molar-refractivity contribution is 7.80. The number of carboxylic acids is 2. The molecule has 0 spiro atoms. The number of thiol groups is 1. The molecule has 0 aliphatic rings. The number of aliphatic carboxylic acids is 2. The summed E-state index contributed by atoms with van der Waals surface area (Å²) < 4.78 is 5.27. The quantitative estimate of drug-likeness (QED) is 0.0767. The molecule has 1 rings (SSSR count). The van der Waals surface area contributed by atoms with Crippen LogP contribution in [0.3, 0.4) is 0 Å². The number of esters is 1. The van der Waals surface area contributed by atoms with Crippen LogP contribution in [0.1, 0.15) is 46.5 Å². The summed E-state index contributed by atoms with van der Waals surface area (Å²) in [5.74, 6) is -2.77. The maximum atomic E-state index is 12.0. The fraction of sp³-hybridized carbons (Fsp3) is 0.435. The minimum Gasteiger partial charge on any atom is -0.481 e. The van der Waals surface area contributed by atoms with E-state index in [9.17, 15) is 24.5 Å². The van der Waals surface area contributed by atoms with Gasteiger partial charge in [-0.05, 0) is 51.8 Å². The third-order valence-electron chi connectivity index (χ3n) is 4.27. The van der Waals surface area contributed by atoms with E-state index >= 15 is 0 Å². The Kier molecular flexibility index (Phi) is 15.5. The highest BCUT2D eigenvalue weighted by atomic mass is 32.1. The lowest BCUT2D eigenvalue weighted by Crippen LogP contribution is -2.42. The van der Waals surface area contributed by atoms with E-state index in [4.69, 9.17) is 20.7 Å². The summed E-state index contributed by atoms with van der Waals surface area (Å²) in [6.07, 6.45) is 2.92. The second kappa shape index (κ2) is 17.1. The fourth-order valence-corrected chi connectivity index (χ4v) is 2.62. The molecule has 0 saturated heterocycles. The van der Waals surface area contributed by atoms with Crippen LogP contribution in [0.2, 0.25) is 0 Å². The number of nitrogens with two attached hydrogens (primary N) is 1. The molecule has 0 heterocycles. The van der Waals surface area contributed by atoms with Gasteiger partial charge in [0.15, 0.2) is 5.03 Å². The number of hydrogen-bond donors (Lipinski definition) is 4. The molecule has 0 amide bonds. The van der Waals surface area contributed by atoms with E-state index < -0.39 is 41.6 Å². The molecule has 35 heavy (non-hydrogen) atoms. The summed E-state index contributed by atoms with van der Waals surface area (Å²) in [4.78, 5) is 44.1. The van der Waals surface area contributed by atoms with Crippen LogP contribution in [0.25, 0.3) is 0 Å². The lowest BCUT2D eigenvalue weighted by molar-refractivity contribution is -0.505. The van der Waals surface area contributed by atoms with Crippen LogP contribution in [-0.2, 0) is 19.1 Å². The van der Waals surface area contributed by atoms with Crippen molar-refractivity contribution in [3.8, 4) is 0 Å². The normalized spacial score (nSPS) is 12.3. The third kappa shape index (κ3) is 14.5. The smallest absolute Gasteiger partial charge is 0.321 e. The number of rotatable bonds is 13. The van der Waals surface area contributed by atoms with Gasteiger partial charge in [-0.1, -0.05) is 40.4 Å². The lowest BCUT2D eigenvalue weighted by Gasteiger charge is -2.22. The number of carboxylic acid groups (broad SMARTS) is 2. The molecule has 194 valence electrons. The van der Waals surface area contributed by atoms with Gasteiger partial charge in [0.2, 0.25) is 0 Å². The average molecular weight is 512 g/mol. The van der Waals surface area contributed by atoms with Gasteiger partial charge >= 0.3 is 17.9 Å². The summed E-state index contributed by atoms with van der Waals surface area (Å²) in [6, 6.07) is 7.25. The first kappa shape index (κ1) is 31.6. The summed E-state index contributed by atoms with van der Waals surface area (Å²) in [5.41, 5.74) is 7.17. The Bertz CT molecular complexity index is 901. The van der Waals surface area contributed by atoms with Crippen LogP contribution in [-0.4, -0.2) is 51.2 Å². The van der Waals surface area contributed by atoms with E-state index in [2.05, 4.69) is 12.6 Å². The lowest BCUT2D eigenvalue weighted by atomic mass is 10.1. The van der Waals surface area contributed by atoms with Crippen molar-refractivity contribution in [1.82, 2.24) is 0 Å². The number of benzene rings is 1. The third-order valence-corrected chi connectivity index (χ3v) is 4.66. The molecule has 0 bridgehead atoms. The number of nitrogens with zero attached hydrogens (tertiary/aromatic N) is 2. The van der Waals surface area contributed by atoms with Crippen molar-refractivity contribution < 1.29 is 34.4 Å². The van der Waals surface area contributed by atoms with E-state index in [0.29, 0.717) is 6.42 Å². The summed E-state index contributed by atoms with van der Waals surface area (Å²) in [5, 5.41) is 28.5. The predicted octanol–water partition coefficient (Wildman–Crippen LogP) is 3.44. The number of anilines is 1. The maximum Gasteiger partial charge on any atom is 0.321 e. The van der Waals surface area contributed by atoms with E-state index in [0.717, 1.165) is 17.0 Å². The molecular formula is C23H33N3O8S. The molecule has 0 radical (unpaired) electrons. The zero-order chi connectivity index (χ0) is 27.0. The maximum absolute atomic E-state index is 12.0. The Morgan fingerprint density at radius 3 is 2.17 bits per heavy atom. The van der Waals surface area contributed by atoms with Gasteiger partial charge in [0.05, 0.1) is 12.8 Å². The Hall–Kier alpha value is -3.38. The number of nitro groups is 1. The number of ether oxygens (including phenoxy) is 1. The highest BCUT2D eigenvalue weighted by Gasteiger charge is 2.30. The number of carbonyl (C=O) groups is 3. The zero-order valence-corrected chi connectivity index (χ0v) is 20.9. The van der Waals surface area contributed by atoms with Crippen molar-refractivity contribution >= 4 is 36.2 Å². The Balaban J connectivity index is 0.00000143. The Morgan fingerprint density at radius 2 is 1.74 bits per heavy atom. The van der Waals surface area contributed by atoms with Gasteiger partial charge in [0.1, 0.15) is 11.7 Å². The number of hydrogen-bond acceptors (Lipinski definition) is 8. The molecule has 2 unspecified atom stereocenters. The summed E-state index contributed by atoms with van der Waals surface area (Å²) in [6.45, 7) is 5.77. The van der Waals surface area contributed by atoms with Gasteiger partial charge in [0.25, 0.3) is 6.23 Å². The fourth-order valence-electron chi connectivity index (χ4n) is 2.47. The molecule has 0 fully saturated rings. The van der Waals surface area contributed by atoms with Gasteiger partial charge in [-0.3, -0.25) is 14.4 Å². The summed E-state index contributed by atoms with van der Waals surface area (Å²) >= 11 is 3.65. The van der Waals surface area contributed by atoms with Crippen LogP contribution in [0.15, 0.2) is 53.6 Å². The number of allylic oxidation sites excluding steroid dienone is 3. The molecule has 11 nitrogen and oxygen atoms in total. The second-order valence-corrected chi connectivity index (χ2v) is 8.02. The monoisotopic (exact) mass is 511 g/mol. The SMILES string of the molecule is CC(C)=CCC/C(C)=C/C(OC(=O)CCC(=O)O)N(c1ccccc1)[N+](=O)[O-].NC(CS)C(=O)O. The molecule has 12 heteroatoms. The Labute approximate surface area is 209 Å². The van der Waals surface area contributed by atoms with Crippen molar-refractivity contribution in [1.29, 1.82) is 0 Å². The van der Waals surface area contributed by atoms with Gasteiger partial charge in [-0.15, -0.1) is 0 Å². The van der Waals surface area contributed by atoms with E-state index in [1.165, 1.54) is 23.8 Å². The van der Waals surface area contributed by atoms with E-state index in [1.807, 2.05) is 19.9 Å². The van der Waals surface area contributed by atoms with Crippen molar-refractivity contribution in [2.24, 2.45) is 5.73 Å². The molecule has 0 aromatic heterocycles. The first-order chi connectivity index (χ1) is 16.4. The van der Waals surface area contributed by atoms with E-state index in [1.54, 1.807) is 25.1 Å². The molecule has 2 atom stereocenters. The zero-order valence-electron chi connectivity index (χ0n) is 20.0. The van der Waals surface area contributed by atoms with Crippen LogP contribution in [0.4, 0.5) is 5.69 Å². The predicted molar refractivity (Wildman–Crippen MR) is 135 cm³/mol. The standard InChI is InChI=1S/C20H26N2O6.C3H7NO2S/c1-15(2)8-7-9-16(3)14-18(28-20(25)13-12-19(23)24)21(22(26)27)17-10-5-4-6-11-17;4-2(1-7)3(5)6/h4-6,8,10-11,14,18H,7,9,12-13H2,1-3H3,(H,23,24);2,7H,1,4H2,(H,5,6)/b16-14+;. The first-order valence-electron chi connectivity index (χ1n) is 10.7. The highest BCUT2D eigenvalue weighted by Crippen LogP contribution is 2.21. The minimum atomic E-state index is -1.29. The van der Waals surface area contributed by atoms with Crippen molar-refractivity contribution in [3.05, 3.63) is 63.7 Å². The van der Waals surface area contributed by atoms with Crippen LogP contribution < -0.4 is 10.7 Å². The average Bonchev–Trinajstić information content (AvgIpc) is 2.77. The largest absolute Gasteiger partial charge is 0.481 e. The minimum absolute atomic E-state index is 0.190. The van der Waals surface area contributed by atoms with Gasteiger partial charge in [-0.25, -0.2) is 10.1 Å². The van der Waals surface area contributed by atoms with E-state index in [-0.39, 0.29) is 17.9 Å². The molecular weight excluding hydrogens is 478 g/mol. The molecule has 0 saturated carbocycles. The van der Waals surface area contributed by atoms with Crippen molar-refractivity contribution in [2.75, 3.05) is 10.8 Å². The van der Waals surface area contributed by atoms with Gasteiger partial charge in [-0.2, -0.15) is 12.6 Å². The van der Waals surface area contributed by atoms with Gasteiger partial charge < -0.3 is 20.7 Å². The Morgan fingerprint density at radius 1 is 1.14 bits per heavy atom. The first-order valence-corrected chi connectivity index (χ1v) is 11.3. The van der Waals surface area contributed by atoms with Crippen molar-refractivity contribution in [2.45, 2.75) is 58.7 Å². The molecule has 0 aliphatic carbocycles. The molecule has 0 aliphatic heterocycles. The summed E-state index contributed by atoms with van der Waals surface area (Å²) in [7, 11) is 0. The number of para-hydroxylation sites is 1. The molecule has 4 N–H and O–H groups in total. The topological polar surface area (TPSA) is 173 Å². The second-order valence-electron chi connectivity index (χ2n) is 7.65. The molecule has 1 aromatic carbocycles. The van der Waals surface area contributed by atoms with Crippen LogP contribution >= 0.6 is 12.6 Å². The number of carbonyl (C=O) groups excluding carboxylic acids is 1. The number of hydrazine groups is 1. The van der Waals surface area contributed by atoms with Crippen LogP contribution in [0.5, 0.6) is 0 Å². The van der Waals surface area contributed by atoms with Crippen molar-refractivity contribution in [3.63, 3.8) is 0 Å². The van der Waals surface area contributed by atoms with Crippen LogP contribution in [0, 0.1) is 10.1 Å². The molecule has 1 aromatic rings.